The molecule has 3 aliphatic rings. The maximum atomic E-state index is 14.2. The van der Waals surface area contributed by atoms with Gasteiger partial charge in [0.15, 0.2) is 0 Å². The van der Waals surface area contributed by atoms with Crippen LogP contribution < -0.4 is 19.7 Å². The maximum absolute atomic E-state index is 14.2. The molecule has 1 amide bonds. The number of hydrogen-bond donors (Lipinski definition) is 3. The lowest BCUT2D eigenvalue weighted by molar-refractivity contribution is -0.0436. The molecule has 15 nitrogen and oxygen atoms in total. The van der Waals surface area contributed by atoms with E-state index >= 15 is 0 Å². The number of sulfonamides is 1. The van der Waals surface area contributed by atoms with Crippen LogP contribution in [0.25, 0.3) is 16.6 Å². The van der Waals surface area contributed by atoms with Crippen LogP contribution in [-0.4, -0.2) is 129 Å². The van der Waals surface area contributed by atoms with Gasteiger partial charge in [-0.3, -0.25) is 9.69 Å². The molecular formula is C50H60ClF3N8O7S3. The Kier molecular flexibility index (Phi) is 15.7. The summed E-state index contributed by atoms with van der Waals surface area (Å²) in [4.78, 5) is 25.9. The molecule has 1 atom stereocenters. The number of piperazine rings is 1. The molecule has 0 spiro atoms. The zero-order valence-electron chi connectivity index (χ0n) is 40.6. The summed E-state index contributed by atoms with van der Waals surface area (Å²) in [7, 11) is -13.4. The molecule has 388 valence electrons. The minimum atomic E-state index is -6.10. The van der Waals surface area contributed by atoms with Crippen LogP contribution in [0.4, 0.5) is 24.5 Å². The summed E-state index contributed by atoms with van der Waals surface area (Å²) in [5.74, 6) is -0.163. The Hall–Kier alpha value is -5.19. The van der Waals surface area contributed by atoms with Crippen molar-refractivity contribution < 1.29 is 43.7 Å². The second-order valence-corrected chi connectivity index (χ2v) is 26.1. The molecule has 3 aromatic carbocycles. The average Bonchev–Trinajstić information content (AvgIpc) is 3.80. The van der Waals surface area contributed by atoms with Gasteiger partial charge in [-0.2, -0.15) is 13.2 Å². The number of halogens is 4. The summed E-state index contributed by atoms with van der Waals surface area (Å²) >= 11 is 6.24. The molecule has 22 heteroatoms. The van der Waals surface area contributed by atoms with Crippen LogP contribution in [0.15, 0.2) is 105 Å². The number of fused-ring (bicyclic) bond motifs is 1. The molecule has 0 radical (unpaired) electrons. The van der Waals surface area contributed by atoms with E-state index in [1.54, 1.807) is 37.4 Å². The highest BCUT2D eigenvalue weighted by Crippen LogP contribution is 2.44. The topological polar surface area (TPSA) is 186 Å². The van der Waals surface area contributed by atoms with Crippen molar-refractivity contribution in [3.8, 4) is 11.5 Å². The Morgan fingerprint density at radius 3 is 2.38 bits per heavy atom. The largest absolute Gasteiger partial charge is 0.501 e. The van der Waals surface area contributed by atoms with Crippen molar-refractivity contribution in [1.29, 1.82) is 0 Å². The van der Waals surface area contributed by atoms with Crippen LogP contribution in [0.5, 0.6) is 11.5 Å². The Morgan fingerprint density at radius 2 is 1.68 bits per heavy atom. The van der Waals surface area contributed by atoms with E-state index in [1.807, 2.05) is 23.8 Å². The molecule has 5 aromatic rings. The summed E-state index contributed by atoms with van der Waals surface area (Å²) in [6, 6.07) is 17.9. The molecule has 0 unspecified atom stereocenters. The van der Waals surface area contributed by atoms with Crippen molar-refractivity contribution in [2.45, 2.75) is 74.7 Å². The number of amides is 1. The minimum Gasteiger partial charge on any atom is -0.455 e. The Labute approximate surface area is 424 Å². The highest BCUT2D eigenvalue weighted by Gasteiger charge is 2.48. The molecule has 4 heterocycles. The number of alkyl halides is 3. The van der Waals surface area contributed by atoms with E-state index in [9.17, 15) is 39.0 Å². The summed E-state index contributed by atoms with van der Waals surface area (Å²) in [6.45, 7) is 13.6. The monoisotopic (exact) mass is 1070 g/mol. The number of nitrogens with zero attached hydrogens (tertiary/aromatic N) is 5. The van der Waals surface area contributed by atoms with E-state index in [2.05, 4.69) is 60.3 Å². The number of carbonyl (C=O) groups excluding carboxylic acids is 1. The molecule has 1 aliphatic carbocycles. The lowest BCUT2D eigenvalue weighted by Crippen LogP contribution is -2.47. The molecule has 8 rings (SSSR count). The first-order chi connectivity index (χ1) is 34.0. The zero-order valence-corrected chi connectivity index (χ0v) is 43.8. The number of hydrogen-bond acceptors (Lipinski definition) is 13. The number of carbonyl (C=O) groups is 1. The minimum absolute atomic E-state index is 0.0233. The fourth-order valence-electron chi connectivity index (χ4n) is 9.41. The fourth-order valence-corrected chi connectivity index (χ4v) is 13.6. The second-order valence-electron chi connectivity index (χ2n) is 19.4. The Bertz CT molecular complexity index is 3190. The second kappa shape index (κ2) is 21.3. The third kappa shape index (κ3) is 12.4. The number of sulfone groups is 1. The van der Waals surface area contributed by atoms with Crippen LogP contribution in [0.3, 0.4) is 0 Å². The smallest absolute Gasteiger partial charge is 0.455 e. The van der Waals surface area contributed by atoms with Crippen LogP contribution in [0.2, 0.25) is 5.02 Å². The van der Waals surface area contributed by atoms with Crippen LogP contribution >= 0.6 is 11.6 Å². The highest BCUT2D eigenvalue weighted by atomic mass is 35.5. The van der Waals surface area contributed by atoms with Gasteiger partial charge >= 0.3 is 5.51 Å². The number of benzene rings is 3. The summed E-state index contributed by atoms with van der Waals surface area (Å²) in [6.07, 6.45) is 6.56. The number of allylic oxidation sites excluding steroid dienone is 1. The van der Waals surface area contributed by atoms with Gasteiger partial charge in [0.2, 0.25) is 0 Å². The number of aromatic amines is 1. The summed E-state index contributed by atoms with van der Waals surface area (Å²) < 4.78 is 122. The van der Waals surface area contributed by atoms with Gasteiger partial charge in [-0.15, -0.1) is 0 Å². The van der Waals surface area contributed by atoms with Crippen LogP contribution in [-0.2, 0) is 29.6 Å². The van der Waals surface area contributed by atoms with Crippen LogP contribution in [0.1, 0.15) is 69.3 Å². The number of pyridine rings is 1. The first-order valence-corrected chi connectivity index (χ1v) is 29.1. The maximum Gasteiger partial charge on any atom is 0.501 e. The lowest BCUT2D eigenvalue weighted by Gasteiger charge is -2.39. The van der Waals surface area contributed by atoms with E-state index in [1.165, 1.54) is 29.0 Å². The number of aromatic nitrogens is 2. The van der Waals surface area contributed by atoms with Gasteiger partial charge < -0.3 is 24.8 Å². The number of nitrogens with one attached hydrogen (secondary N) is 3. The standard InChI is InChI=1S/C50H60ClF3N8O7S3/c1-5-57-70(64)26-24-60(25-27-70)19-16-34(2)58-44-13-11-41(30-46(44)71(65,66)50(52,53)54)72(67,68)59-48(63)42-12-10-39(29-45(42)69-40-28-36-15-18-55-47(36)56-32-40)62-22-20-61(21-23-62)33-37-14-17-49(3,4)31-43(37)35-6-8-38(51)9-7-35/h6-13,15,18,28-30,32,34,58H,5,14,16-17,19-27,31,33H2,1-4H3,(H,55,56)(H,59,63)/t34-/m0/s1. The molecule has 2 aromatic heterocycles. The van der Waals surface area contributed by atoms with Crippen molar-refractivity contribution in [2.24, 2.45) is 9.78 Å². The molecule has 72 heavy (non-hydrogen) atoms. The van der Waals surface area contributed by atoms with E-state index in [0.717, 1.165) is 51.0 Å². The van der Waals surface area contributed by atoms with Gasteiger partial charge in [0.25, 0.3) is 25.8 Å². The third-order valence-corrected chi connectivity index (χ3v) is 19.0. The quantitative estimate of drug-likeness (QED) is 0.0852. The molecule has 2 saturated heterocycles. The number of ether oxygens (including phenoxy) is 1. The van der Waals surface area contributed by atoms with Crippen molar-refractivity contribution in [2.75, 3.05) is 80.6 Å². The molecule has 3 N–H and O–H groups in total. The first-order valence-electron chi connectivity index (χ1n) is 23.9. The van der Waals surface area contributed by atoms with E-state index in [0.29, 0.717) is 85.0 Å². The van der Waals surface area contributed by atoms with Crippen LogP contribution in [0, 0.1) is 5.41 Å². The lowest BCUT2D eigenvalue weighted by atomic mass is 9.72. The Balaban J connectivity index is 1.01. The molecule has 2 aliphatic heterocycles. The summed E-state index contributed by atoms with van der Waals surface area (Å²) in [5, 5.41) is 4.22. The SMILES string of the molecule is CCN=S1(=O)CCN(CC[C@H](C)Nc2ccc(S(=O)(=O)NC(=O)c3ccc(N4CCN(CC5=C(c6ccc(Cl)cc6)CC(C)(C)CC5)CC4)cc3Oc3cnc4[nH]ccc4c3)cc2S(=O)(=O)C(F)(F)F)CC1. The van der Waals surface area contributed by atoms with Crippen molar-refractivity contribution in [1.82, 2.24) is 24.5 Å². The summed E-state index contributed by atoms with van der Waals surface area (Å²) in [5.41, 5.74) is -1.05. The average molecular weight is 1070 g/mol. The van der Waals surface area contributed by atoms with Crippen molar-refractivity contribution >= 4 is 75.1 Å². The van der Waals surface area contributed by atoms with Gasteiger partial charge in [0, 0.05) is 115 Å². The predicted octanol–water partition coefficient (Wildman–Crippen LogP) is 9.20. The van der Waals surface area contributed by atoms with Gasteiger partial charge in [-0.25, -0.2) is 35.1 Å². The van der Waals surface area contributed by atoms with Gasteiger partial charge in [0.05, 0.1) is 22.3 Å². The number of H-pyrrole nitrogens is 1. The fraction of sp³-hybridized carbons (Fsp3) is 0.440. The normalized spacial score (nSPS) is 18.5. The molecular weight excluding hydrogens is 1010 g/mol. The zero-order chi connectivity index (χ0) is 51.6. The van der Waals surface area contributed by atoms with Gasteiger partial charge in [0.1, 0.15) is 22.0 Å². The van der Waals surface area contributed by atoms with E-state index in [-0.39, 0.29) is 22.5 Å². The number of rotatable bonds is 16. The van der Waals surface area contributed by atoms with Gasteiger partial charge in [-0.05, 0) is 111 Å². The third-order valence-electron chi connectivity index (χ3n) is 13.5. The van der Waals surface area contributed by atoms with E-state index < -0.39 is 62.5 Å². The molecule has 0 bridgehead atoms. The first kappa shape index (κ1) is 53.1. The van der Waals surface area contributed by atoms with Gasteiger partial charge in [-0.1, -0.05) is 43.2 Å². The Morgan fingerprint density at radius 1 is 0.958 bits per heavy atom. The molecule has 2 fully saturated rings. The number of anilines is 2. The predicted molar refractivity (Wildman–Crippen MR) is 277 cm³/mol. The molecule has 0 saturated carbocycles. The van der Waals surface area contributed by atoms with E-state index in [4.69, 9.17) is 16.3 Å². The van der Waals surface area contributed by atoms with Crippen molar-refractivity contribution in [3.63, 3.8) is 0 Å². The highest BCUT2D eigenvalue weighted by molar-refractivity contribution is 7.93. The van der Waals surface area contributed by atoms with Crippen molar-refractivity contribution in [3.05, 3.63) is 107 Å².